The normalized spacial score (nSPS) is 41.7. The number of aliphatic hydroxyl groups excluding tert-OH is 2. The summed E-state index contributed by atoms with van der Waals surface area (Å²) in [5.41, 5.74) is 0. The highest BCUT2D eigenvalue weighted by molar-refractivity contribution is 4.76. The van der Waals surface area contributed by atoms with Gasteiger partial charge in [-0.25, -0.2) is 0 Å². The molecule has 3 atom stereocenters. The molecule has 1 rings (SSSR count). The molecule has 0 unspecified atom stereocenters. The van der Waals surface area contributed by atoms with Crippen LogP contribution in [0.15, 0.2) is 0 Å². The van der Waals surface area contributed by atoms with Crippen molar-refractivity contribution in [1.82, 2.24) is 0 Å². The van der Waals surface area contributed by atoms with Gasteiger partial charge in [-0.1, -0.05) is 0 Å². The van der Waals surface area contributed by atoms with Crippen molar-refractivity contribution in [2.75, 3.05) is 13.2 Å². The maximum absolute atomic E-state index is 10.2. The molecule has 1 aliphatic rings. The average Bonchev–Trinajstić information content (AvgIpc) is 1.95. The Balaban J connectivity index is 2.33. The molecule has 0 amide bonds. The van der Waals surface area contributed by atoms with Gasteiger partial charge in [0.25, 0.3) is 0 Å². The molecule has 4 heteroatoms. The molecule has 0 radical (unpaired) electrons. The highest BCUT2D eigenvalue weighted by atomic mass is 16.5. The van der Waals surface area contributed by atoms with E-state index in [1.807, 2.05) is 0 Å². The summed E-state index contributed by atoms with van der Waals surface area (Å²) in [5.74, 6) is 0. The third-order valence-electron chi connectivity index (χ3n) is 1.64. The first-order chi connectivity index (χ1) is 4.74. The number of rotatable bonds is 1. The first-order valence-corrected chi connectivity index (χ1v) is 3.30. The summed E-state index contributed by atoms with van der Waals surface area (Å²) < 4.78 is 4.89. The average molecular weight is 147 g/mol. The molecule has 0 bridgehead atoms. The quantitative estimate of drug-likeness (QED) is 0.444. The Morgan fingerprint density at radius 1 is 1.40 bits per heavy atom. The molecule has 0 aromatic carbocycles. The molecule has 1 saturated heterocycles. The van der Waals surface area contributed by atoms with E-state index in [1.165, 1.54) is 0 Å². The van der Waals surface area contributed by atoms with Gasteiger partial charge in [0.1, 0.15) is 6.10 Å². The number of hydrogen-bond donors (Lipinski definition) is 2. The topological polar surface area (TPSA) is 72.8 Å². The molecule has 0 aromatic rings. The first kappa shape index (κ1) is 7.94. The molecule has 10 heavy (non-hydrogen) atoms. The smallest absolute Gasteiger partial charge is 0.103 e. The van der Waals surface area contributed by atoms with Crippen LogP contribution in [0.4, 0.5) is 0 Å². The van der Waals surface area contributed by atoms with Crippen molar-refractivity contribution >= 4 is 0 Å². The molecular formula is C6H11O4-. The molecule has 0 spiro atoms. The van der Waals surface area contributed by atoms with Crippen LogP contribution in [0.5, 0.6) is 0 Å². The summed E-state index contributed by atoms with van der Waals surface area (Å²) in [4.78, 5) is 0. The molecular weight excluding hydrogens is 136 g/mol. The van der Waals surface area contributed by atoms with Gasteiger partial charge in [0, 0.05) is 12.5 Å². The third-order valence-corrected chi connectivity index (χ3v) is 1.64. The molecule has 2 N–H and O–H groups in total. The molecule has 0 aliphatic carbocycles. The van der Waals surface area contributed by atoms with Gasteiger partial charge in [0.2, 0.25) is 0 Å². The van der Waals surface area contributed by atoms with Crippen molar-refractivity contribution in [2.24, 2.45) is 0 Å². The third kappa shape index (κ3) is 1.67. The highest BCUT2D eigenvalue weighted by Crippen LogP contribution is 2.12. The summed E-state index contributed by atoms with van der Waals surface area (Å²) in [5, 5.41) is 28.1. The molecule has 1 aliphatic heterocycles. The molecule has 0 aromatic heterocycles. The van der Waals surface area contributed by atoms with Crippen LogP contribution in [0.2, 0.25) is 0 Å². The van der Waals surface area contributed by atoms with E-state index >= 15 is 0 Å². The standard InChI is InChI=1S/C6H11O4/c7-2-4-1-5(8)6(9)3-10-4/h4-6,8-9H,1-3H2/q-1/t4-,5-,6+/m0/s1. The fraction of sp³-hybridized carbons (Fsp3) is 1.00. The zero-order valence-corrected chi connectivity index (χ0v) is 5.56. The van der Waals surface area contributed by atoms with Crippen molar-refractivity contribution in [1.29, 1.82) is 0 Å². The van der Waals surface area contributed by atoms with Gasteiger partial charge in [0.15, 0.2) is 0 Å². The SMILES string of the molecule is [O-]C[C@@H]1C[C@H](O)[C@H](O)CO1. The van der Waals surface area contributed by atoms with Crippen molar-refractivity contribution in [3.63, 3.8) is 0 Å². The van der Waals surface area contributed by atoms with E-state index in [2.05, 4.69) is 0 Å². The lowest BCUT2D eigenvalue weighted by molar-refractivity contribution is -0.391. The summed E-state index contributed by atoms with van der Waals surface area (Å²) >= 11 is 0. The maximum Gasteiger partial charge on any atom is 0.103 e. The van der Waals surface area contributed by atoms with Crippen molar-refractivity contribution in [3.8, 4) is 0 Å². The Labute approximate surface area is 59.1 Å². The zero-order valence-electron chi connectivity index (χ0n) is 5.56. The van der Waals surface area contributed by atoms with Crippen LogP contribution >= 0.6 is 0 Å². The van der Waals surface area contributed by atoms with Crippen molar-refractivity contribution in [3.05, 3.63) is 0 Å². The lowest BCUT2D eigenvalue weighted by Gasteiger charge is -2.31. The predicted octanol–water partition coefficient (Wildman–Crippen LogP) is -2.14. The van der Waals surface area contributed by atoms with Crippen LogP contribution in [-0.4, -0.2) is 41.7 Å². The highest BCUT2D eigenvalue weighted by Gasteiger charge is 2.25. The van der Waals surface area contributed by atoms with Crippen molar-refractivity contribution < 1.29 is 20.1 Å². The van der Waals surface area contributed by atoms with Crippen LogP contribution in [0.25, 0.3) is 0 Å². The second-order valence-electron chi connectivity index (χ2n) is 2.49. The van der Waals surface area contributed by atoms with Gasteiger partial charge in [0.05, 0.1) is 12.7 Å². The minimum Gasteiger partial charge on any atom is -0.853 e. The van der Waals surface area contributed by atoms with Crippen LogP contribution < -0.4 is 5.11 Å². The number of ether oxygens (including phenoxy) is 1. The van der Waals surface area contributed by atoms with E-state index in [-0.39, 0.29) is 19.6 Å². The summed E-state index contributed by atoms with van der Waals surface area (Å²) in [7, 11) is 0. The summed E-state index contributed by atoms with van der Waals surface area (Å²) in [6.07, 6.45) is -1.76. The van der Waals surface area contributed by atoms with Gasteiger partial charge in [-0.15, -0.1) is 6.61 Å². The zero-order chi connectivity index (χ0) is 7.56. The van der Waals surface area contributed by atoms with Gasteiger partial charge in [-0.3, -0.25) is 0 Å². The molecule has 1 heterocycles. The molecule has 60 valence electrons. The second-order valence-corrected chi connectivity index (χ2v) is 2.49. The van der Waals surface area contributed by atoms with E-state index in [4.69, 9.17) is 14.9 Å². The van der Waals surface area contributed by atoms with E-state index in [0.29, 0.717) is 0 Å². The van der Waals surface area contributed by atoms with Gasteiger partial charge in [-0.05, 0) is 0 Å². The fourth-order valence-electron chi connectivity index (χ4n) is 0.956. The van der Waals surface area contributed by atoms with Gasteiger partial charge in [-0.2, -0.15) is 0 Å². The first-order valence-electron chi connectivity index (χ1n) is 3.30. The predicted molar refractivity (Wildman–Crippen MR) is 31.2 cm³/mol. The van der Waals surface area contributed by atoms with Crippen LogP contribution in [0.1, 0.15) is 6.42 Å². The lowest BCUT2D eigenvalue weighted by Crippen LogP contribution is -2.44. The second kappa shape index (κ2) is 3.30. The van der Waals surface area contributed by atoms with Gasteiger partial charge >= 0.3 is 0 Å². The minimum atomic E-state index is -0.817. The maximum atomic E-state index is 10.2. The van der Waals surface area contributed by atoms with E-state index in [1.54, 1.807) is 0 Å². The van der Waals surface area contributed by atoms with Crippen LogP contribution in [0, 0.1) is 0 Å². The Bertz CT molecular complexity index is 106. The fourth-order valence-corrected chi connectivity index (χ4v) is 0.956. The Hall–Kier alpha value is -0.160. The Morgan fingerprint density at radius 2 is 2.10 bits per heavy atom. The van der Waals surface area contributed by atoms with Gasteiger partial charge < -0.3 is 20.1 Å². The monoisotopic (exact) mass is 147 g/mol. The Morgan fingerprint density at radius 3 is 2.60 bits per heavy atom. The van der Waals surface area contributed by atoms with E-state index in [0.717, 1.165) is 0 Å². The van der Waals surface area contributed by atoms with Crippen molar-refractivity contribution in [2.45, 2.75) is 24.7 Å². The summed E-state index contributed by atoms with van der Waals surface area (Å²) in [6.45, 7) is -0.266. The van der Waals surface area contributed by atoms with Crippen LogP contribution in [0.3, 0.4) is 0 Å². The molecule has 1 fully saturated rings. The van der Waals surface area contributed by atoms with E-state index in [9.17, 15) is 5.11 Å². The van der Waals surface area contributed by atoms with Crippen LogP contribution in [-0.2, 0) is 4.74 Å². The molecule has 4 nitrogen and oxygen atoms in total. The minimum absolute atomic E-state index is 0.0775. The largest absolute Gasteiger partial charge is 0.853 e. The van der Waals surface area contributed by atoms with E-state index < -0.39 is 18.3 Å². The number of hydrogen-bond acceptors (Lipinski definition) is 4. The number of aliphatic hydroxyl groups is 2. The Kier molecular flexibility index (Phi) is 2.62. The lowest BCUT2D eigenvalue weighted by atomic mass is 10.0. The molecule has 0 saturated carbocycles. The summed E-state index contributed by atoms with van der Waals surface area (Å²) in [6, 6.07) is 0.